The van der Waals surface area contributed by atoms with E-state index in [-0.39, 0.29) is 0 Å². The van der Waals surface area contributed by atoms with E-state index >= 15 is 0 Å². The highest BCUT2D eigenvalue weighted by molar-refractivity contribution is 9.10. The summed E-state index contributed by atoms with van der Waals surface area (Å²) < 4.78 is 1.21. The quantitative estimate of drug-likeness (QED) is 0.824. The van der Waals surface area contributed by atoms with Crippen molar-refractivity contribution in [3.63, 3.8) is 0 Å². The van der Waals surface area contributed by atoms with Gasteiger partial charge in [-0.15, -0.1) is 0 Å². The van der Waals surface area contributed by atoms with Crippen molar-refractivity contribution in [3.05, 3.63) is 34.3 Å². The fourth-order valence-corrected chi connectivity index (χ4v) is 1.87. The minimum Gasteiger partial charge on any atom is -0.316 e. The molecule has 0 atom stereocenters. The van der Waals surface area contributed by atoms with Crippen LogP contribution in [0.4, 0.5) is 0 Å². The maximum Gasteiger partial charge on any atom is 0.0207 e. The largest absolute Gasteiger partial charge is 0.316 e. The molecule has 1 aromatic carbocycles. The van der Waals surface area contributed by atoms with E-state index in [4.69, 9.17) is 0 Å². The molecule has 0 radical (unpaired) electrons. The van der Waals surface area contributed by atoms with Crippen LogP contribution in [-0.2, 0) is 6.42 Å². The van der Waals surface area contributed by atoms with Gasteiger partial charge in [0.05, 0.1) is 0 Å². The normalized spacial score (nSPS) is 11.7. The van der Waals surface area contributed by atoms with Gasteiger partial charge < -0.3 is 5.32 Å². The lowest BCUT2D eigenvalue weighted by atomic mass is 9.97. The number of benzene rings is 1. The summed E-state index contributed by atoms with van der Waals surface area (Å²) in [7, 11) is 0. The van der Waals surface area contributed by atoms with E-state index in [1.807, 2.05) is 0 Å². The Kier molecular flexibility index (Phi) is 4.81. The summed E-state index contributed by atoms with van der Waals surface area (Å²) in [5, 5.41) is 3.48. The highest BCUT2D eigenvalue weighted by Gasteiger charge is 2.08. The van der Waals surface area contributed by atoms with Crippen molar-refractivity contribution < 1.29 is 0 Å². The van der Waals surface area contributed by atoms with Crippen molar-refractivity contribution in [1.29, 1.82) is 0 Å². The summed E-state index contributed by atoms with van der Waals surface area (Å²) in [6.07, 6.45) is 1.08. The third-order valence-corrected chi connectivity index (χ3v) is 2.96. The average molecular weight is 270 g/mol. The van der Waals surface area contributed by atoms with Crippen molar-refractivity contribution in [3.8, 4) is 0 Å². The van der Waals surface area contributed by atoms with E-state index in [0.717, 1.165) is 19.5 Å². The molecule has 1 aromatic rings. The summed E-state index contributed by atoms with van der Waals surface area (Å²) in [6, 6.07) is 8.40. The lowest BCUT2D eigenvalue weighted by Crippen LogP contribution is -2.28. The van der Waals surface area contributed by atoms with E-state index in [2.05, 4.69) is 66.3 Å². The molecule has 0 heterocycles. The van der Waals surface area contributed by atoms with Crippen molar-refractivity contribution >= 4 is 15.9 Å². The van der Waals surface area contributed by atoms with Crippen molar-refractivity contribution in [2.24, 2.45) is 5.41 Å². The molecule has 1 N–H and O–H groups in total. The average Bonchev–Trinajstić information content (AvgIpc) is 2.13. The van der Waals surface area contributed by atoms with Gasteiger partial charge in [0, 0.05) is 11.0 Å². The zero-order valence-corrected chi connectivity index (χ0v) is 11.4. The number of halogens is 1. The van der Waals surface area contributed by atoms with Gasteiger partial charge in [-0.1, -0.05) is 54.9 Å². The van der Waals surface area contributed by atoms with Gasteiger partial charge in [0.25, 0.3) is 0 Å². The van der Waals surface area contributed by atoms with Crippen LogP contribution in [0.1, 0.15) is 26.3 Å². The van der Waals surface area contributed by atoms with Gasteiger partial charge in [-0.05, 0) is 30.0 Å². The van der Waals surface area contributed by atoms with E-state index in [0.29, 0.717) is 5.41 Å². The summed E-state index contributed by atoms with van der Waals surface area (Å²) in [6.45, 7) is 8.85. The highest BCUT2D eigenvalue weighted by Crippen LogP contribution is 2.16. The fraction of sp³-hybridized carbons (Fsp3) is 0.538. The molecule has 0 aliphatic heterocycles. The third-order valence-electron chi connectivity index (χ3n) is 2.18. The van der Waals surface area contributed by atoms with Gasteiger partial charge in [0.15, 0.2) is 0 Å². The predicted molar refractivity (Wildman–Crippen MR) is 70.2 cm³/mol. The first-order valence-electron chi connectivity index (χ1n) is 5.43. The van der Waals surface area contributed by atoms with E-state index in [9.17, 15) is 0 Å². The van der Waals surface area contributed by atoms with Crippen LogP contribution >= 0.6 is 15.9 Å². The molecular weight excluding hydrogens is 250 g/mol. The lowest BCUT2D eigenvalue weighted by Gasteiger charge is -2.18. The first-order valence-corrected chi connectivity index (χ1v) is 6.22. The number of rotatable bonds is 4. The number of hydrogen-bond acceptors (Lipinski definition) is 1. The van der Waals surface area contributed by atoms with Crippen molar-refractivity contribution in [1.82, 2.24) is 5.32 Å². The highest BCUT2D eigenvalue weighted by atomic mass is 79.9. The van der Waals surface area contributed by atoms with Gasteiger partial charge in [-0.2, -0.15) is 0 Å². The maximum absolute atomic E-state index is 3.56. The van der Waals surface area contributed by atoms with Crippen LogP contribution in [0.25, 0.3) is 0 Å². The van der Waals surface area contributed by atoms with E-state index in [1.165, 1.54) is 10.0 Å². The Morgan fingerprint density at radius 3 is 2.47 bits per heavy atom. The number of hydrogen-bond donors (Lipinski definition) is 1. The van der Waals surface area contributed by atoms with Gasteiger partial charge in [0.1, 0.15) is 0 Å². The van der Waals surface area contributed by atoms with Crippen molar-refractivity contribution in [2.75, 3.05) is 13.1 Å². The molecule has 84 valence electrons. The van der Waals surface area contributed by atoms with Crippen LogP contribution in [0.2, 0.25) is 0 Å². The Hall–Kier alpha value is -0.340. The summed E-state index contributed by atoms with van der Waals surface area (Å²) in [4.78, 5) is 0. The lowest BCUT2D eigenvalue weighted by molar-refractivity contribution is 0.381. The molecule has 0 bridgehead atoms. The molecule has 0 unspecified atom stereocenters. The first kappa shape index (κ1) is 12.7. The molecule has 15 heavy (non-hydrogen) atoms. The standard InChI is InChI=1S/C13H20BrN/c1-13(2,3)10-15-9-8-11-6-4-5-7-12(11)14/h4-7,15H,8-10H2,1-3H3. The van der Waals surface area contributed by atoms with E-state index < -0.39 is 0 Å². The Labute approximate surface area is 101 Å². The summed E-state index contributed by atoms with van der Waals surface area (Å²) in [5.74, 6) is 0. The monoisotopic (exact) mass is 269 g/mol. The minimum absolute atomic E-state index is 0.369. The van der Waals surface area contributed by atoms with Gasteiger partial charge in [-0.25, -0.2) is 0 Å². The SMILES string of the molecule is CC(C)(C)CNCCc1ccccc1Br. The molecule has 0 saturated heterocycles. The Morgan fingerprint density at radius 2 is 1.87 bits per heavy atom. The van der Waals surface area contributed by atoms with Gasteiger partial charge >= 0.3 is 0 Å². The molecule has 0 aliphatic carbocycles. The zero-order chi connectivity index (χ0) is 11.3. The molecule has 0 spiro atoms. The second-order valence-electron chi connectivity index (χ2n) is 5.08. The predicted octanol–water partition coefficient (Wildman–Crippen LogP) is 3.63. The zero-order valence-electron chi connectivity index (χ0n) is 9.81. The smallest absolute Gasteiger partial charge is 0.0207 e. The minimum atomic E-state index is 0.369. The topological polar surface area (TPSA) is 12.0 Å². The molecule has 0 amide bonds. The molecule has 0 saturated carbocycles. The molecule has 0 aliphatic rings. The second-order valence-corrected chi connectivity index (χ2v) is 5.93. The van der Waals surface area contributed by atoms with Gasteiger partial charge in [-0.3, -0.25) is 0 Å². The Balaban J connectivity index is 2.30. The molecule has 1 nitrogen and oxygen atoms in total. The molecule has 2 heteroatoms. The van der Waals surface area contributed by atoms with Gasteiger partial charge in [0.2, 0.25) is 0 Å². The van der Waals surface area contributed by atoms with Crippen LogP contribution in [0.3, 0.4) is 0 Å². The summed E-state index contributed by atoms with van der Waals surface area (Å²) >= 11 is 3.56. The second kappa shape index (κ2) is 5.66. The van der Waals surface area contributed by atoms with Crippen LogP contribution in [0.5, 0.6) is 0 Å². The molecule has 1 rings (SSSR count). The maximum atomic E-state index is 3.56. The third kappa shape index (κ3) is 5.33. The van der Waals surface area contributed by atoms with Crippen molar-refractivity contribution in [2.45, 2.75) is 27.2 Å². The molecule has 0 aromatic heterocycles. The first-order chi connectivity index (χ1) is 6.99. The fourth-order valence-electron chi connectivity index (χ4n) is 1.39. The van der Waals surface area contributed by atoms with Crippen LogP contribution in [0.15, 0.2) is 28.7 Å². The Morgan fingerprint density at radius 1 is 1.20 bits per heavy atom. The van der Waals surface area contributed by atoms with E-state index in [1.54, 1.807) is 0 Å². The van der Waals surface area contributed by atoms with Crippen LogP contribution in [-0.4, -0.2) is 13.1 Å². The number of nitrogens with one attached hydrogen (secondary N) is 1. The van der Waals surface area contributed by atoms with Crippen LogP contribution in [0, 0.1) is 5.41 Å². The molecule has 0 fully saturated rings. The summed E-state index contributed by atoms with van der Waals surface area (Å²) in [5.41, 5.74) is 1.74. The Bertz CT molecular complexity index is 302. The van der Waals surface area contributed by atoms with Crippen LogP contribution < -0.4 is 5.32 Å². The molecular formula is C13H20BrN.